The highest BCUT2D eigenvalue weighted by atomic mass is 32.1. The molecule has 1 aromatic carbocycles. The van der Waals surface area contributed by atoms with E-state index in [2.05, 4.69) is 6.92 Å². The van der Waals surface area contributed by atoms with Crippen LogP contribution in [0, 0.1) is 5.92 Å². The van der Waals surface area contributed by atoms with E-state index in [0.717, 1.165) is 36.0 Å². The van der Waals surface area contributed by atoms with E-state index in [1.165, 1.54) is 11.3 Å². The van der Waals surface area contributed by atoms with E-state index >= 15 is 0 Å². The fourth-order valence-electron chi connectivity index (χ4n) is 2.84. The predicted octanol–water partition coefficient (Wildman–Crippen LogP) is 3.71. The number of carbonyl (C=O) groups is 2. The summed E-state index contributed by atoms with van der Waals surface area (Å²) in [7, 11) is 0. The highest BCUT2D eigenvalue weighted by Crippen LogP contribution is 2.26. The molecule has 0 spiro atoms. The average molecular weight is 331 g/mol. The van der Waals surface area contributed by atoms with Crippen molar-refractivity contribution in [3.8, 4) is 0 Å². The molecule has 4 nitrogen and oxygen atoms in total. The molecular formula is C18H21NO3S. The summed E-state index contributed by atoms with van der Waals surface area (Å²) in [6.45, 7) is 5.37. The van der Waals surface area contributed by atoms with Gasteiger partial charge in [-0.15, -0.1) is 11.3 Å². The molecule has 1 amide bonds. The maximum atomic E-state index is 12.4. The van der Waals surface area contributed by atoms with E-state index < -0.39 is 12.1 Å². The second kappa shape index (κ2) is 6.71. The number of carbonyl (C=O) groups excluding carboxylic acids is 2. The average Bonchev–Trinajstić information content (AvgIpc) is 2.99. The number of esters is 1. The van der Waals surface area contributed by atoms with E-state index in [-0.39, 0.29) is 5.91 Å². The van der Waals surface area contributed by atoms with Crippen molar-refractivity contribution < 1.29 is 14.3 Å². The first-order chi connectivity index (χ1) is 11.0. The quantitative estimate of drug-likeness (QED) is 0.806. The van der Waals surface area contributed by atoms with Gasteiger partial charge in [-0.25, -0.2) is 4.79 Å². The number of thiophene rings is 1. The summed E-state index contributed by atoms with van der Waals surface area (Å²) >= 11 is 1.40. The van der Waals surface area contributed by atoms with Gasteiger partial charge in [0.15, 0.2) is 6.10 Å². The molecule has 1 aliphatic rings. The normalized spacial score (nSPS) is 17.2. The summed E-state index contributed by atoms with van der Waals surface area (Å²) in [5.41, 5.74) is 0. The number of hydrogen-bond acceptors (Lipinski definition) is 4. The maximum Gasteiger partial charge on any atom is 0.349 e. The van der Waals surface area contributed by atoms with Gasteiger partial charge >= 0.3 is 5.97 Å². The topological polar surface area (TPSA) is 46.6 Å². The highest BCUT2D eigenvalue weighted by Gasteiger charge is 2.27. The molecule has 2 heterocycles. The Morgan fingerprint density at radius 1 is 1.26 bits per heavy atom. The molecule has 5 heteroatoms. The van der Waals surface area contributed by atoms with Gasteiger partial charge in [0, 0.05) is 17.8 Å². The van der Waals surface area contributed by atoms with Gasteiger partial charge in [0.25, 0.3) is 5.91 Å². The number of benzene rings is 1. The van der Waals surface area contributed by atoms with E-state index in [4.69, 9.17) is 4.74 Å². The van der Waals surface area contributed by atoms with Crippen molar-refractivity contribution in [1.29, 1.82) is 0 Å². The Bertz CT molecular complexity index is 683. The van der Waals surface area contributed by atoms with Gasteiger partial charge in [-0.05, 0) is 43.2 Å². The molecule has 0 aliphatic carbocycles. The van der Waals surface area contributed by atoms with Crippen molar-refractivity contribution in [2.75, 3.05) is 13.1 Å². The predicted molar refractivity (Wildman–Crippen MR) is 91.7 cm³/mol. The Morgan fingerprint density at radius 2 is 1.96 bits per heavy atom. The summed E-state index contributed by atoms with van der Waals surface area (Å²) in [4.78, 5) is 27.0. The summed E-state index contributed by atoms with van der Waals surface area (Å²) in [5.74, 6) is 0.152. The van der Waals surface area contributed by atoms with Gasteiger partial charge in [0.05, 0.1) is 0 Å². The zero-order valence-corrected chi connectivity index (χ0v) is 14.3. The van der Waals surface area contributed by atoms with Crippen LogP contribution in [-0.2, 0) is 9.53 Å². The second-order valence-electron chi connectivity index (χ2n) is 6.20. The largest absolute Gasteiger partial charge is 0.448 e. The van der Waals surface area contributed by atoms with Crippen LogP contribution in [0.5, 0.6) is 0 Å². The van der Waals surface area contributed by atoms with Crippen LogP contribution >= 0.6 is 11.3 Å². The standard InChI is InChI=1S/C18H21NO3S/c1-12-7-9-19(10-8-12)17(20)13(2)22-18(21)16-11-14-5-3-4-6-15(14)23-16/h3-6,11-13H,7-10H2,1-2H3/t13-/m0/s1. The minimum atomic E-state index is -0.735. The molecule has 0 radical (unpaired) electrons. The Balaban J connectivity index is 1.63. The molecule has 0 N–H and O–H groups in total. The maximum absolute atomic E-state index is 12.4. The smallest absolute Gasteiger partial charge is 0.349 e. The Kier molecular flexibility index (Phi) is 4.66. The third-order valence-electron chi connectivity index (χ3n) is 4.35. The minimum absolute atomic E-state index is 0.0913. The fraction of sp³-hybridized carbons (Fsp3) is 0.444. The van der Waals surface area contributed by atoms with Gasteiger partial charge in [0.1, 0.15) is 4.88 Å². The van der Waals surface area contributed by atoms with Crippen LogP contribution in [0.1, 0.15) is 36.4 Å². The van der Waals surface area contributed by atoms with Crippen molar-refractivity contribution in [1.82, 2.24) is 4.90 Å². The van der Waals surface area contributed by atoms with Gasteiger partial charge < -0.3 is 9.64 Å². The SMILES string of the molecule is CC1CCN(C(=O)[C@H](C)OC(=O)c2cc3ccccc3s2)CC1. The van der Waals surface area contributed by atoms with Gasteiger partial charge in [-0.2, -0.15) is 0 Å². The van der Waals surface area contributed by atoms with Crippen LogP contribution in [-0.4, -0.2) is 36.0 Å². The molecule has 0 saturated carbocycles. The Morgan fingerprint density at radius 3 is 2.65 bits per heavy atom. The van der Waals surface area contributed by atoms with Crippen LogP contribution in [0.4, 0.5) is 0 Å². The first-order valence-electron chi connectivity index (χ1n) is 8.03. The van der Waals surface area contributed by atoms with E-state index in [1.807, 2.05) is 35.2 Å². The number of ether oxygens (including phenoxy) is 1. The molecule has 0 bridgehead atoms. The van der Waals surface area contributed by atoms with Crippen LogP contribution in [0.25, 0.3) is 10.1 Å². The van der Waals surface area contributed by atoms with Crippen LogP contribution in [0.3, 0.4) is 0 Å². The van der Waals surface area contributed by atoms with E-state index in [0.29, 0.717) is 10.8 Å². The summed E-state index contributed by atoms with van der Waals surface area (Å²) < 4.78 is 6.43. The van der Waals surface area contributed by atoms with Crippen LogP contribution in [0.2, 0.25) is 0 Å². The van der Waals surface area contributed by atoms with Crippen molar-refractivity contribution >= 4 is 33.3 Å². The third-order valence-corrected chi connectivity index (χ3v) is 5.45. The second-order valence-corrected chi connectivity index (χ2v) is 7.29. The van der Waals surface area contributed by atoms with Crippen LogP contribution < -0.4 is 0 Å². The summed E-state index contributed by atoms with van der Waals surface area (Å²) in [6, 6.07) is 9.64. The number of hydrogen-bond donors (Lipinski definition) is 0. The number of fused-ring (bicyclic) bond motifs is 1. The van der Waals surface area contributed by atoms with Crippen LogP contribution in [0.15, 0.2) is 30.3 Å². The van der Waals surface area contributed by atoms with E-state index in [9.17, 15) is 9.59 Å². The van der Waals surface area contributed by atoms with Gasteiger partial charge in [0.2, 0.25) is 0 Å². The molecule has 1 atom stereocenters. The molecule has 23 heavy (non-hydrogen) atoms. The zero-order chi connectivity index (χ0) is 16.4. The van der Waals surface area contributed by atoms with Gasteiger partial charge in [-0.1, -0.05) is 25.1 Å². The number of likely N-dealkylation sites (tertiary alicyclic amines) is 1. The number of amides is 1. The molecule has 1 aromatic heterocycles. The lowest BCUT2D eigenvalue weighted by atomic mass is 9.99. The summed E-state index contributed by atoms with van der Waals surface area (Å²) in [6.07, 6.45) is 1.30. The molecule has 2 aromatic rings. The first kappa shape index (κ1) is 16.0. The number of nitrogens with zero attached hydrogens (tertiary/aromatic N) is 1. The van der Waals surface area contributed by atoms with Crippen molar-refractivity contribution in [2.45, 2.75) is 32.8 Å². The Labute approximate surface area is 140 Å². The molecular weight excluding hydrogens is 310 g/mol. The monoisotopic (exact) mass is 331 g/mol. The molecule has 3 rings (SSSR count). The highest BCUT2D eigenvalue weighted by molar-refractivity contribution is 7.20. The minimum Gasteiger partial charge on any atom is -0.448 e. The molecule has 0 unspecified atom stereocenters. The van der Waals surface area contributed by atoms with Crippen molar-refractivity contribution in [3.05, 3.63) is 35.2 Å². The van der Waals surface area contributed by atoms with Crippen molar-refractivity contribution in [3.63, 3.8) is 0 Å². The number of rotatable bonds is 3. The molecule has 1 saturated heterocycles. The Hall–Kier alpha value is -1.88. The molecule has 122 valence electrons. The fourth-order valence-corrected chi connectivity index (χ4v) is 3.78. The lowest BCUT2D eigenvalue weighted by molar-refractivity contribution is -0.141. The van der Waals surface area contributed by atoms with E-state index in [1.54, 1.807) is 6.92 Å². The lowest BCUT2D eigenvalue weighted by Crippen LogP contribution is -2.44. The summed E-state index contributed by atoms with van der Waals surface area (Å²) in [5, 5.41) is 1.02. The molecule has 1 fully saturated rings. The first-order valence-corrected chi connectivity index (χ1v) is 8.84. The number of piperidine rings is 1. The zero-order valence-electron chi connectivity index (χ0n) is 13.5. The van der Waals surface area contributed by atoms with Gasteiger partial charge in [-0.3, -0.25) is 4.79 Å². The lowest BCUT2D eigenvalue weighted by Gasteiger charge is -2.31. The van der Waals surface area contributed by atoms with Crippen molar-refractivity contribution in [2.24, 2.45) is 5.92 Å². The third kappa shape index (κ3) is 3.55. The molecule has 1 aliphatic heterocycles.